The van der Waals surface area contributed by atoms with Crippen LogP contribution in [0.1, 0.15) is 15.2 Å². The van der Waals surface area contributed by atoms with Gasteiger partial charge < -0.3 is 5.11 Å². The van der Waals surface area contributed by atoms with E-state index in [0.29, 0.717) is 21.8 Å². The molecule has 0 aliphatic heterocycles. The van der Waals surface area contributed by atoms with Crippen molar-refractivity contribution in [2.75, 3.05) is 0 Å². The first-order valence-corrected chi connectivity index (χ1v) is 6.34. The van der Waals surface area contributed by atoms with Gasteiger partial charge in [-0.2, -0.15) is 0 Å². The minimum atomic E-state index is -0.974. The Balaban J connectivity index is 2.08. The van der Waals surface area contributed by atoms with E-state index in [-0.39, 0.29) is 10.7 Å². The lowest BCUT2D eigenvalue weighted by atomic mass is 10.1. The van der Waals surface area contributed by atoms with Crippen LogP contribution in [0.4, 0.5) is 4.39 Å². The van der Waals surface area contributed by atoms with Crippen molar-refractivity contribution in [3.63, 3.8) is 0 Å². The number of thiazole rings is 1. The second-order valence-electron chi connectivity index (χ2n) is 4.18. The highest BCUT2D eigenvalue weighted by molar-refractivity contribution is 7.18. The summed E-state index contributed by atoms with van der Waals surface area (Å²) in [4.78, 5) is 15.9. The molecule has 1 aromatic carbocycles. The molecule has 0 radical (unpaired) electrons. The first-order valence-electron chi connectivity index (χ1n) is 5.53. The summed E-state index contributed by atoms with van der Waals surface area (Å²) >= 11 is 1.09. The van der Waals surface area contributed by atoms with Gasteiger partial charge in [-0.1, -0.05) is 23.5 Å². The third-order valence-electron chi connectivity index (χ3n) is 2.83. The number of aromatic carboxylic acids is 1. The van der Waals surface area contributed by atoms with Crippen LogP contribution < -0.4 is 0 Å². The zero-order valence-corrected chi connectivity index (χ0v) is 10.7. The van der Waals surface area contributed by atoms with Crippen LogP contribution in [0, 0.1) is 12.7 Å². The summed E-state index contributed by atoms with van der Waals surface area (Å²) in [5.41, 5.74) is 1.89. The maximum absolute atomic E-state index is 13.5. The van der Waals surface area contributed by atoms with Crippen molar-refractivity contribution in [3.8, 4) is 11.3 Å². The molecule has 0 unspecified atom stereocenters. The van der Waals surface area contributed by atoms with Crippen molar-refractivity contribution in [2.45, 2.75) is 6.92 Å². The molecule has 19 heavy (non-hydrogen) atoms. The molecule has 6 heteroatoms. The summed E-state index contributed by atoms with van der Waals surface area (Å²) in [6.45, 7) is 1.70. The molecule has 0 bridgehead atoms. The smallest absolute Gasteiger partial charge is 0.347 e. The van der Waals surface area contributed by atoms with E-state index in [2.05, 4.69) is 4.98 Å². The van der Waals surface area contributed by atoms with Gasteiger partial charge in [0, 0.05) is 18.0 Å². The normalized spacial score (nSPS) is 11.1. The average Bonchev–Trinajstić information content (AvgIpc) is 2.90. The van der Waals surface area contributed by atoms with E-state index >= 15 is 0 Å². The molecule has 0 atom stereocenters. The monoisotopic (exact) mass is 276 g/mol. The predicted molar refractivity (Wildman–Crippen MR) is 70.2 cm³/mol. The molecular formula is C13H9FN2O2S. The van der Waals surface area contributed by atoms with Gasteiger partial charge in [-0.05, 0) is 18.6 Å². The minimum Gasteiger partial charge on any atom is -0.477 e. The first-order chi connectivity index (χ1) is 9.04. The molecule has 96 valence electrons. The topological polar surface area (TPSA) is 54.6 Å². The van der Waals surface area contributed by atoms with Crippen molar-refractivity contribution in [3.05, 3.63) is 46.9 Å². The number of hydrogen-bond acceptors (Lipinski definition) is 3. The van der Waals surface area contributed by atoms with E-state index < -0.39 is 5.97 Å². The Kier molecular flexibility index (Phi) is 2.60. The Morgan fingerprint density at radius 2 is 2.21 bits per heavy atom. The average molecular weight is 276 g/mol. The lowest BCUT2D eigenvalue weighted by Crippen LogP contribution is -1.90. The Morgan fingerprint density at radius 1 is 1.42 bits per heavy atom. The molecule has 0 amide bonds. The van der Waals surface area contributed by atoms with E-state index in [0.717, 1.165) is 11.3 Å². The number of aryl methyl sites for hydroxylation is 1. The second-order valence-corrected chi connectivity index (χ2v) is 5.19. The van der Waals surface area contributed by atoms with E-state index in [9.17, 15) is 9.18 Å². The van der Waals surface area contributed by atoms with Crippen LogP contribution in [0.25, 0.3) is 16.2 Å². The Hall–Kier alpha value is -2.21. The minimum absolute atomic E-state index is 0.226. The van der Waals surface area contributed by atoms with Crippen LogP contribution in [0.5, 0.6) is 0 Å². The zero-order chi connectivity index (χ0) is 13.6. The fraction of sp³-hybridized carbons (Fsp3) is 0.0769. The number of nitrogens with zero attached hydrogens (tertiary/aromatic N) is 2. The highest BCUT2D eigenvalue weighted by atomic mass is 32.1. The number of carboxylic acid groups (broad SMARTS) is 1. The van der Waals surface area contributed by atoms with Crippen molar-refractivity contribution < 1.29 is 14.3 Å². The zero-order valence-electron chi connectivity index (χ0n) is 9.92. The van der Waals surface area contributed by atoms with Gasteiger partial charge in [0.05, 0.1) is 5.69 Å². The lowest BCUT2D eigenvalue weighted by molar-refractivity contribution is 0.0702. The van der Waals surface area contributed by atoms with Crippen LogP contribution >= 0.6 is 11.3 Å². The molecule has 0 aliphatic rings. The summed E-state index contributed by atoms with van der Waals surface area (Å²) in [5, 5.41) is 8.88. The highest BCUT2D eigenvalue weighted by Crippen LogP contribution is 2.25. The Bertz CT molecular complexity index is 760. The van der Waals surface area contributed by atoms with E-state index in [1.165, 1.54) is 12.3 Å². The number of hydrogen-bond donors (Lipinski definition) is 1. The lowest BCUT2D eigenvalue weighted by Gasteiger charge is -1.99. The summed E-state index contributed by atoms with van der Waals surface area (Å²) in [7, 11) is 0. The third-order valence-corrected chi connectivity index (χ3v) is 3.82. The molecule has 0 aliphatic carbocycles. The molecule has 1 N–H and O–H groups in total. The van der Waals surface area contributed by atoms with E-state index in [4.69, 9.17) is 5.11 Å². The molecule has 2 heterocycles. The maximum Gasteiger partial charge on any atom is 0.347 e. The van der Waals surface area contributed by atoms with Crippen LogP contribution in [-0.2, 0) is 0 Å². The number of fused-ring (bicyclic) bond motifs is 1. The SMILES string of the molecule is Cc1ccc(-c2cn3cc(C(=O)O)sc3n2)cc1F. The van der Waals surface area contributed by atoms with Crippen molar-refractivity contribution >= 4 is 22.3 Å². The molecule has 0 spiro atoms. The van der Waals surface area contributed by atoms with Crippen molar-refractivity contribution in [2.24, 2.45) is 0 Å². The highest BCUT2D eigenvalue weighted by Gasteiger charge is 2.12. The summed E-state index contributed by atoms with van der Waals surface area (Å²) in [5.74, 6) is -1.25. The fourth-order valence-corrected chi connectivity index (χ4v) is 2.59. The number of imidazole rings is 1. The number of rotatable bonds is 2. The molecule has 2 aromatic heterocycles. The van der Waals surface area contributed by atoms with Gasteiger partial charge >= 0.3 is 5.97 Å². The molecule has 4 nitrogen and oxygen atoms in total. The quantitative estimate of drug-likeness (QED) is 0.782. The standard InChI is InChI=1S/C13H9FN2O2S/c1-7-2-3-8(4-9(7)14)10-5-16-6-11(12(17)18)19-13(16)15-10/h2-6H,1H3,(H,17,18). The predicted octanol–water partition coefficient (Wildman–Crippen LogP) is 3.21. The number of aromatic nitrogens is 2. The molecular weight excluding hydrogens is 267 g/mol. The van der Waals surface area contributed by atoms with Gasteiger partial charge in [0.25, 0.3) is 0 Å². The molecule has 0 saturated carbocycles. The number of benzene rings is 1. The number of halogens is 1. The van der Waals surface area contributed by atoms with Gasteiger partial charge in [-0.3, -0.25) is 4.40 Å². The second kappa shape index (κ2) is 4.17. The summed E-state index contributed by atoms with van der Waals surface area (Å²) < 4.78 is 15.1. The number of carboxylic acids is 1. The van der Waals surface area contributed by atoms with Crippen LogP contribution in [0.2, 0.25) is 0 Å². The fourth-order valence-electron chi connectivity index (χ4n) is 1.79. The Morgan fingerprint density at radius 3 is 2.84 bits per heavy atom. The first kappa shape index (κ1) is 11.9. The van der Waals surface area contributed by atoms with Crippen molar-refractivity contribution in [1.82, 2.24) is 9.38 Å². The molecule has 0 fully saturated rings. The maximum atomic E-state index is 13.5. The summed E-state index contributed by atoms with van der Waals surface area (Å²) in [6, 6.07) is 4.92. The third kappa shape index (κ3) is 2.00. The van der Waals surface area contributed by atoms with E-state index in [1.54, 1.807) is 29.7 Å². The van der Waals surface area contributed by atoms with Crippen molar-refractivity contribution in [1.29, 1.82) is 0 Å². The molecule has 3 aromatic rings. The largest absolute Gasteiger partial charge is 0.477 e. The van der Waals surface area contributed by atoms with Crippen LogP contribution in [0.15, 0.2) is 30.6 Å². The Labute approximate surface area is 111 Å². The van der Waals surface area contributed by atoms with Gasteiger partial charge in [0.1, 0.15) is 10.7 Å². The van der Waals surface area contributed by atoms with E-state index in [1.807, 2.05) is 0 Å². The van der Waals surface area contributed by atoms with Gasteiger partial charge in [0.15, 0.2) is 4.96 Å². The van der Waals surface area contributed by atoms with Gasteiger partial charge in [-0.15, -0.1) is 0 Å². The summed E-state index contributed by atoms with van der Waals surface area (Å²) in [6.07, 6.45) is 3.20. The van der Waals surface area contributed by atoms with Crippen LogP contribution in [-0.4, -0.2) is 20.5 Å². The number of carbonyl (C=O) groups is 1. The molecule has 3 rings (SSSR count). The van der Waals surface area contributed by atoms with Gasteiger partial charge in [0.2, 0.25) is 0 Å². The molecule has 0 saturated heterocycles. The van der Waals surface area contributed by atoms with Crippen LogP contribution in [0.3, 0.4) is 0 Å². The van der Waals surface area contributed by atoms with Gasteiger partial charge in [-0.25, -0.2) is 14.2 Å².